The Bertz CT molecular complexity index is 430. The monoisotopic (exact) mass is 231 g/mol. The fourth-order valence-electron chi connectivity index (χ4n) is 1.81. The van der Waals surface area contributed by atoms with E-state index in [4.69, 9.17) is 12.2 Å². The number of benzene rings is 1. The number of fused-ring (bicyclic) bond motifs is 1. The summed E-state index contributed by atoms with van der Waals surface area (Å²) in [6.07, 6.45) is 4.87. The second kappa shape index (κ2) is 4.58. The third kappa shape index (κ3) is 1.78. The lowest BCUT2D eigenvalue weighted by atomic mass is 10.1. The van der Waals surface area contributed by atoms with E-state index < -0.39 is 0 Å². The fourth-order valence-corrected chi connectivity index (χ4v) is 2.16. The van der Waals surface area contributed by atoms with E-state index in [1.165, 1.54) is 0 Å². The molecule has 16 heavy (non-hydrogen) atoms. The van der Waals surface area contributed by atoms with Gasteiger partial charge in [-0.25, -0.2) is 0 Å². The maximum atomic E-state index is 12.0. The summed E-state index contributed by atoms with van der Waals surface area (Å²) in [5.41, 5.74) is 1.62. The summed E-state index contributed by atoms with van der Waals surface area (Å²) < 4.78 is 0. The smallest absolute Gasteiger partial charge is 0.259 e. The largest absolute Gasteiger partial charge is 0.298 e. The maximum absolute atomic E-state index is 12.0. The molecule has 1 aliphatic heterocycles. The van der Waals surface area contributed by atoms with Crippen molar-refractivity contribution in [2.24, 2.45) is 0 Å². The van der Waals surface area contributed by atoms with Gasteiger partial charge in [0.2, 0.25) is 0 Å². The van der Waals surface area contributed by atoms with Gasteiger partial charge in [0.15, 0.2) is 0 Å². The number of amides is 1. The molecule has 1 aromatic rings. The van der Waals surface area contributed by atoms with Crippen molar-refractivity contribution in [3.05, 3.63) is 47.5 Å². The minimum Gasteiger partial charge on any atom is -0.298 e. The van der Waals surface area contributed by atoms with E-state index in [9.17, 15) is 4.79 Å². The molecule has 0 spiro atoms. The maximum Gasteiger partial charge on any atom is 0.259 e. The summed E-state index contributed by atoms with van der Waals surface area (Å²) in [4.78, 5) is 14.4. The molecule has 0 aliphatic carbocycles. The van der Waals surface area contributed by atoms with Crippen molar-refractivity contribution in [3.8, 4) is 0 Å². The highest BCUT2D eigenvalue weighted by Crippen LogP contribution is 2.23. The molecule has 0 atom stereocenters. The normalized spacial score (nSPS) is 14.9. The molecule has 1 aliphatic rings. The van der Waals surface area contributed by atoms with Crippen molar-refractivity contribution in [3.63, 3.8) is 0 Å². The Morgan fingerprint density at radius 2 is 2.00 bits per heavy atom. The number of carbonyl (C=O) groups is 1. The second-order valence-corrected chi connectivity index (χ2v) is 4.05. The molecule has 1 aromatic carbocycles. The highest BCUT2D eigenvalue weighted by molar-refractivity contribution is 7.80. The van der Waals surface area contributed by atoms with Crippen LogP contribution in [0.1, 0.15) is 29.3 Å². The second-order valence-electron chi connectivity index (χ2n) is 3.67. The Balaban J connectivity index is 2.21. The van der Waals surface area contributed by atoms with Gasteiger partial charge < -0.3 is 0 Å². The zero-order valence-electron chi connectivity index (χ0n) is 9.14. The van der Waals surface area contributed by atoms with Crippen LogP contribution in [0, 0.1) is 0 Å². The summed E-state index contributed by atoms with van der Waals surface area (Å²) in [6, 6.07) is 7.52. The molecule has 0 saturated carbocycles. The molecular formula is C13H13NOS. The molecule has 2 nitrogen and oxygen atoms in total. The standard InChI is InChI=1S/C13H13NOS/c1-2-3-6-9-14-12(15)10-7-4-5-8-11(10)13(14)16/h2-5,7-8H,6,9H2,1H3/b3-2+. The van der Waals surface area contributed by atoms with Crippen LogP contribution in [0.2, 0.25) is 0 Å². The lowest BCUT2D eigenvalue weighted by Crippen LogP contribution is -2.29. The summed E-state index contributed by atoms with van der Waals surface area (Å²) in [7, 11) is 0. The molecule has 0 N–H and O–H groups in total. The van der Waals surface area contributed by atoms with E-state index in [1.807, 2.05) is 43.3 Å². The molecule has 3 heteroatoms. The summed E-state index contributed by atoms with van der Waals surface area (Å²) >= 11 is 5.30. The van der Waals surface area contributed by atoms with Gasteiger partial charge in [-0.05, 0) is 19.4 Å². The van der Waals surface area contributed by atoms with Crippen LogP contribution in [0.4, 0.5) is 0 Å². The molecule has 0 aromatic heterocycles. The minimum atomic E-state index is 0.0325. The quantitative estimate of drug-likeness (QED) is 0.589. The number of carbonyl (C=O) groups excluding carboxylic acids is 1. The first-order valence-electron chi connectivity index (χ1n) is 5.32. The van der Waals surface area contributed by atoms with E-state index in [2.05, 4.69) is 0 Å². The first-order chi connectivity index (χ1) is 7.75. The van der Waals surface area contributed by atoms with Crippen LogP contribution in [0.5, 0.6) is 0 Å². The predicted molar refractivity (Wildman–Crippen MR) is 68.6 cm³/mol. The Morgan fingerprint density at radius 3 is 2.62 bits per heavy atom. The summed E-state index contributed by atoms with van der Waals surface area (Å²) in [5, 5.41) is 0. The zero-order valence-corrected chi connectivity index (χ0v) is 9.96. The van der Waals surface area contributed by atoms with Gasteiger partial charge in [-0.2, -0.15) is 0 Å². The molecule has 1 amide bonds. The van der Waals surface area contributed by atoms with Crippen LogP contribution < -0.4 is 0 Å². The average molecular weight is 231 g/mol. The number of allylic oxidation sites excluding steroid dienone is 1. The molecule has 0 bridgehead atoms. The SMILES string of the molecule is C/C=C/CCN1C(=O)c2ccccc2C1=S. The molecule has 82 valence electrons. The van der Waals surface area contributed by atoms with Crippen LogP contribution in [0.15, 0.2) is 36.4 Å². The molecule has 0 radical (unpaired) electrons. The van der Waals surface area contributed by atoms with Crippen LogP contribution >= 0.6 is 12.2 Å². The number of rotatable bonds is 3. The van der Waals surface area contributed by atoms with Gasteiger partial charge in [0.05, 0.1) is 5.56 Å². The minimum absolute atomic E-state index is 0.0325. The Kier molecular flexibility index (Phi) is 3.15. The van der Waals surface area contributed by atoms with Crippen molar-refractivity contribution in [1.29, 1.82) is 0 Å². The van der Waals surface area contributed by atoms with Crippen molar-refractivity contribution in [1.82, 2.24) is 4.90 Å². The lowest BCUT2D eigenvalue weighted by Gasteiger charge is -2.14. The van der Waals surface area contributed by atoms with Crippen LogP contribution in [-0.2, 0) is 0 Å². The van der Waals surface area contributed by atoms with Gasteiger partial charge in [0, 0.05) is 12.1 Å². The zero-order chi connectivity index (χ0) is 11.5. The van der Waals surface area contributed by atoms with E-state index in [0.717, 1.165) is 17.5 Å². The third-order valence-corrected chi connectivity index (χ3v) is 3.07. The summed E-state index contributed by atoms with van der Waals surface area (Å²) in [6.45, 7) is 2.63. The molecule has 1 heterocycles. The Morgan fingerprint density at radius 1 is 1.31 bits per heavy atom. The van der Waals surface area contributed by atoms with Crippen molar-refractivity contribution < 1.29 is 4.79 Å². The number of nitrogens with zero attached hydrogens (tertiary/aromatic N) is 1. The van der Waals surface area contributed by atoms with E-state index >= 15 is 0 Å². The molecular weight excluding hydrogens is 218 g/mol. The van der Waals surface area contributed by atoms with Gasteiger partial charge in [-0.15, -0.1) is 0 Å². The highest BCUT2D eigenvalue weighted by Gasteiger charge is 2.30. The number of thiocarbonyl (C=S) groups is 1. The van der Waals surface area contributed by atoms with Gasteiger partial charge in [0.1, 0.15) is 4.99 Å². The Labute approximate surface area is 101 Å². The van der Waals surface area contributed by atoms with Crippen molar-refractivity contribution in [2.75, 3.05) is 6.54 Å². The fraction of sp³-hybridized carbons (Fsp3) is 0.231. The van der Waals surface area contributed by atoms with Crippen LogP contribution in [-0.4, -0.2) is 22.3 Å². The molecule has 0 fully saturated rings. The molecule has 2 rings (SSSR count). The topological polar surface area (TPSA) is 20.3 Å². The third-order valence-electron chi connectivity index (χ3n) is 2.63. The first kappa shape index (κ1) is 11.0. The van der Waals surface area contributed by atoms with Gasteiger partial charge in [0.25, 0.3) is 5.91 Å². The van der Waals surface area contributed by atoms with Gasteiger partial charge in [-0.1, -0.05) is 42.6 Å². The lowest BCUT2D eigenvalue weighted by molar-refractivity contribution is 0.0863. The average Bonchev–Trinajstić information content (AvgIpc) is 2.55. The highest BCUT2D eigenvalue weighted by atomic mass is 32.1. The summed E-state index contributed by atoms with van der Waals surface area (Å²) in [5.74, 6) is 0.0325. The van der Waals surface area contributed by atoms with Crippen LogP contribution in [0.3, 0.4) is 0 Å². The number of hydrogen-bond acceptors (Lipinski definition) is 2. The first-order valence-corrected chi connectivity index (χ1v) is 5.73. The molecule has 0 saturated heterocycles. The molecule has 0 unspecified atom stereocenters. The van der Waals surface area contributed by atoms with Crippen molar-refractivity contribution >= 4 is 23.1 Å². The Hall–Kier alpha value is -1.48. The van der Waals surface area contributed by atoms with E-state index in [1.54, 1.807) is 4.90 Å². The predicted octanol–water partition coefficient (Wildman–Crippen LogP) is 2.78. The van der Waals surface area contributed by atoms with Crippen molar-refractivity contribution in [2.45, 2.75) is 13.3 Å². The van der Waals surface area contributed by atoms with E-state index in [-0.39, 0.29) is 5.91 Å². The van der Waals surface area contributed by atoms with Gasteiger partial charge in [-0.3, -0.25) is 9.69 Å². The van der Waals surface area contributed by atoms with E-state index in [0.29, 0.717) is 11.5 Å². The van der Waals surface area contributed by atoms with Gasteiger partial charge >= 0.3 is 0 Å². The number of hydrogen-bond donors (Lipinski definition) is 0. The van der Waals surface area contributed by atoms with Crippen LogP contribution in [0.25, 0.3) is 0 Å².